The van der Waals surface area contributed by atoms with Gasteiger partial charge in [-0.2, -0.15) is 0 Å². The van der Waals surface area contributed by atoms with Gasteiger partial charge in [-0.15, -0.1) is 0 Å². The van der Waals surface area contributed by atoms with Gasteiger partial charge in [-0.05, 0) is 16.7 Å². The van der Waals surface area contributed by atoms with E-state index in [-0.39, 0.29) is 18.4 Å². The Morgan fingerprint density at radius 1 is 0.939 bits per heavy atom. The molecular weight excluding hydrogens is 414 g/mol. The minimum atomic E-state index is -0.648. The summed E-state index contributed by atoms with van der Waals surface area (Å²) in [5, 5.41) is 7.03. The first-order chi connectivity index (χ1) is 16.2. The first-order valence-corrected chi connectivity index (χ1v) is 11.0. The average Bonchev–Trinajstić information content (AvgIpc) is 3.29. The Labute approximate surface area is 193 Å². The zero-order chi connectivity index (χ0) is 23.0. The molecule has 1 heterocycles. The summed E-state index contributed by atoms with van der Waals surface area (Å²) in [4.78, 5) is 33.7. The Kier molecular flexibility index (Phi) is 7.15. The van der Waals surface area contributed by atoms with E-state index in [0.717, 1.165) is 16.7 Å². The van der Waals surface area contributed by atoms with Gasteiger partial charge in [0.2, 0.25) is 11.8 Å². The summed E-state index contributed by atoms with van der Waals surface area (Å²) in [5.74, 6) is -0.847. The van der Waals surface area contributed by atoms with Gasteiger partial charge in [0.1, 0.15) is 13.2 Å². The number of carbonyl (C=O) groups excluding carboxylic acids is 2. The second kappa shape index (κ2) is 10.6. The van der Waals surface area contributed by atoms with Crippen molar-refractivity contribution in [1.82, 2.24) is 10.2 Å². The van der Waals surface area contributed by atoms with Gasteiger partial charge in [-0.1, -0.05) is 96.2 Å². The molecule has 3 aromatic carbocycles. The van der Waals surface area contributed by atoms with Crippen molar-refractivity contribution >= 4 is 17.5 Å². The molecule has 2 amide bonds. The van der Waals surface area contributed by atoms with Crippen molar-refractivity contribution < 1.29 is 14.4 Å². The highest BCUT2D eigenvalue weighted by Gasteiger charge is 2.41. The van der Waals surface area contributed by atoms with Crippen LogP contribution < -0.4 is 5.32 Å². The lowest BCUT2D eigenvalue weighted by Gasteiger charge is -2.28. The molecule has 1 aliphatic heterocycles. The molecule has 3 aromatic rings. The van der Waals surface area contributed by atoms with Crippen molar-refractivity contribution in [3.8, 4) is 0 Å². The zero-order valence-corrected chi connectivity index (χ0v) is 18.6. The van der Waals surface area contributed by atoms with Crippen LogP contribution in [0.1, 0.15) is 29.0 Å². The van der Waals surface area contributed by atoms with Crippen molar-refractivity contribution in [2.75, 3.05) is 13.7 Å². The monoisotopic (exact) mass is 441 g/mol. The van der Waals surface area contributed by atoms with Gasteiger partial charge in [0, 0.05) is 13.0 Å². The Hall–Kier alpha value is -3.93. The fourth-order valence-electron chi connectivity index (χ4n) is 4.20. The van der Waals surface area contributed by atoms with Crippen LogP contribution in [0.3, 0.4) is 0 Å². The summed E-state index contributed by atoms with van der Waals surface area (Å²) in [6.07, 6.45) is 0.344. The molecule has 1 atom stereocenters. The van der Waals surface area contributed by atoms with E-state index in [9.17, 15) is 9.59 Å². The van der Waals surface area contributed by atoms with Crippen molar-refractivity contribution in [2.45, 2.75) is 24.9 Å². The van der Waals surface area contributed by atoms with Crippen LogP contribution in [0.2, 0.25) is 0 Å². The highest BCUT2D eigenvalue weighted by atomic mass is 16.6. The van der Waals surface area contributed by atoms with E-state index in [1.165, 1.54) is 7.11 Å². The first kappa shape index (κ1) is 22.3. The minimum absolute atomic E-state index is 0.131. The highest BCUT2D eigenvalue weighted by Crippen LogP contribution is 2.30. The molecule has 0 radical (unpaired) electrons. The van der Waals surface area contributed by atoms with Gasteiger partial charge < -0.3 is 15.1 Å². The highest BCUT2D eigenvalue weighted by molar-refractivity contribution is 6.02. The van der Waals surface area contributed by atoms with E-state index >= 15 is 0 Å². The molecular formula is C27H27N3O3. The van der Waals surface area contributed by atoms with E-state index in [0.29, 0.717) is 18.7 Å². The van der Waals surface area contributed by atoms with Gasteiger partial charge >= 0.3 is 0 Å². The summed E-state index contributed by atoms with van der Waals surface area (Å²) in [5.41, 5.74) is 3.44. The molecule has 0 bridgehead atoms. The summed E-state index contributed by atoms with van der Waals surface area (Å²) in [6, 6.07) is 28.4. The first-order valence-electron chi connectivity index (χ1n) is 11.0. The summed E-state index contributed by atoms with van der Waals surface area (Å²) in [6.45, 7) is 0.655. The maximum absolute atomic E-state index is 13.9. The van der Waals surface area contributed by atoms with Gasteiger partial charge in [-0.25, -0.2) is 0 Å². The Balaban J connectivity index is 1.61. The molecule has 1 N–H and O–H groups in total. The predicted molar refractivity (Wildman–Crippen MR) is 128 cm³/mol. The fourth-order valence-corrected chi connectivity index (χ4v) is 4.20. The second-order valence-corrected chi connectivity index (χ2v) is 7.98. The smallest absolute Gasteiger partial charge is 0.243 e. The van der Waals surface area contributed by atoms with Crippen LogP contribution in [0.25, 0.3) is 0 Å². The molecule has 0 saturated carbocycles. The number of benzene rings is 3. The average molecular weight is 442 g/mol. The Bertz CT molecular complexity index is 1060. The zero-order valence-electron chi connectivity index (χ0n) is 18.6. The van der Waals surface area contributed by atoms with Crippen LogP contribution in [0.4, 0.5) is 0 Å². The molecule has 1 saturated heterocycles. The lowest BCUT2D eigenvalue weighted by atomic mass is 9.90. The van der Waals surface area contributed by atoms with E-state index in [4.69, 9.17) is 4.84 Å². The number of nitrogens with zero attached hydrogens (tertiary/aromatic N) is 2. The standard InChI is InChI=1S/C27H27N3O3/c1-33-29-23-17-24(26(31)28-18-20-11-5-2-6-12-20)30(19-23)27(32)25(21-13-7-3-8-14-21)22-15-9-4-10-16-22/h2-16,24-25H,17-19H2,1H3,(H,28,31)/b29-23+/t24-/m0/s1. The molecule has 6 heteroatoms. The topological polar surface area (TPSA) is 71.0 Å². The Morgan fingerprint density at radius 3 is 2.03 bits per heavy atom. The molecule has 168 valence electrons. The van der Waals surface area contributed by atoms with Crippen molar-refractivity contribution in [1.29, 1.82) is 0 Å². The third kappa shape index (κ3) is 5.29. The number of likely N-dealkylation sites (tertiary alicyclic amines) is 1. The molecule has 1 fully saturated rings. The number of oxime groups is 1. The van der Waals surface area contributed by atoms with Gasteiger partial charge in [0.15, 0.2) is 0 Å². The number of hydrogen-bond donors (Lipinski definition) is 1. The van der Waals surface area contributed by atoms with Crippen LogP contribution in [-0.4, -0.2) is 42.1 Å². The van der Waals surface area contributed by atoms with Crippen LogP contribution in [0.15, 0.2) is 96.2 Å². The lowest BCUT2D eigenvalue weighted by Crippen LogP contribution is -2.47. The molecule has 1 aliphatic rings. The third-order valence-corrected chi connectivity index (χ3v) is 5.79. The number of amides is 2. The summed E-state index contributed by atoms with van der Waals surface area (Å²) >= 11 is 0. The molecule has 0 spiro atoms. The van der Waals surface area contributed by atoms with Crippen LogP contribution in [0.5, 0.6) is 0 Å². The van der Waals surface area contributed by atoms with Crippen LogP contribution in [-0.2, 0) is 21.0 Å². The lowest BCUT2D eigenvalue weighted by molar-refractivity contribution is -0.138. The molecule has 4 rings (SSSR count). The van der Waals surface area contributed by atoms with Gasteiger partial charge in [0.25, 0.3) is 0 Å². The normalized spacial score (nSPS) is 16.7. The number of rotatable bonds is 7. The molecule has 0 aliphatic carbocycles. The van der Waals surface area contributed by atoms with Gasteiger partial charge in [-0.3, -0.25) is 9.59 Å². The van der Waals surface area contributed by atoms with Crippen molar-refractivity contribution in [3.63, 3.8) is 0 Å². The minimum Gasteiger partial charge on any atom is -0.399 e. The number of nitrogens with one attached hydrogen (secondary N) is 1. The van der Waals surface area contributed by atoms with E-state index in [1.807, 2.05) is 91.0 Å². The second-order valence-electron chi connectivity index (χ2n) is 7.98. The van der Waals surface area contributed by atoms with Gasteiger partial charge in [0.05, 0.1) is 18.2 Å². The summed E-state index contributed by atoms with van der Waals surface area (Å²) < 4.78 is 0. The Morgan fingerprint density at radius 2 is 1.48 bits per heavy atom. The predicted octanol–water partition coefficient (Wildman–Crippen LogP) is 3.74. The quantitative estimate of drug-likeness (QED) is 0.568. The maximum Gasteiger partial charge on any atom is 0.243 e. The SMILES string of the molecule is CO/N=C1\C[C@@H](C(=O)NCc2ccccc2)N(C(=O)C(c2ccccc2)c2ccccc2)C1. The van der Waals surface area contributed by atoms with Crippen LogP contribution in [0, 0.1) is 0 Å². The molecule has 0 aromatic heterocycles. The molecule has 33 heavy (non-hydrogen) atoms. The number of hydrogen-bond acceptors (Lipinski definition) is 4. The largest absolute Gasteiger partial charge is 0.399 e. The maximum atomic E-state index is 13.9. The number of carbonyl (C=O) groups is 2. The van der Waals surface area contributed by atoms with Crippen LogP contribution >= 0.6 is 0 Å². The fraction of sp³-hybridized carbons (Fsp3) is 0.222. The van der Waals surface area contributed by atoms with E-state index < -0.39 is 12.0 Å². The molecule has 0 unspecified atom stereocenters. The summed E-state index contributed by atoms with van der Waals surface area (Å²) in [7, 11) is 1.47. The molecule has 6 nitrogen and oxygen atoms in total. The van der Waals surface area contributed by atoms with E-state index in [2.05, 4.69) is 10.5 Å². The van der Waals surface area contributed by atoms with E-state index in [1.54, 1.807) is 4.90 Å². The van der Waals surface area contributed by atoms with Crippen molar-refractivity contribution in [3.05, 3.63) is 108 Å². The third-order valence-electron chi connectivity index (χ3n) is 5.79. The van der Waals surface area contributed by atoms with Crippen molar-refractivity contribution in [2.24, 2.45) is 5.16 Å².